The monoisotopic (exact) mass is 279 g/mol. The first kappa shape index (κ1) is 14.7. The molecule has 0 bridgehead atoms. The fraction of sp³-hybridized carbons (Fsp3) is 0.625. The summed E-state index contributed by atoms with van der Waals surface area (Å²) in [6.45, 7) is 2.92. The molecule has 1 aromatic carbocycles. The third-order valence-corrected chi connectivity index (χ3v) is 5.33. The fourth-order valence-electron chi connectivity index (χ4n) is 3.29. The molecule has 0 atom stereocenters. The normalized spacial score (nSPS) is 17.7. The number of hydrogen-bond acceptors (Lipinski definition) is 3. The Kier molecular flexibility index (Phi) is 4.80. The first-order valence-electron chi connectivity index (χ1n) is 7.16. The smallest absolute Gasteiger partial charge is 0.123 e. The van der Waals surface area contributed by atoms with Gasteiger partial charge >= 0.3 is 0 Å². The van der Waals surface area contributed by atoms with Crippen LogP contribution in [0.3, 0.4) is 0 Å². The minimum absolute atomic E-state index is 0.141. The molecule has 3 heteroatoms. The van der Waals surface area contributed by atoms with E-state index in [-0.39, 0.29) is 5.41 Å². The van der Waals surface area contributed by atoms with Crippen LogP contribution in [0.15, 0.2) is 17.0 Å². The molecule has 0 unspecified atom stereocenters. The van der Waals surface area contributed by atoms with Gasteiger partial charge in [-0.1, -0.05) is 19.8 Å². The second-order valence-corrected chi connectivity index (χ2v) is 6.26. The van der Waals surface area contributed by atoms with Gasteiger partial charge in [0.25, 0.3) is 0 Å². The highest BCUT2D eigenvalue weighted by Crippen LogP contribution is 2.45. The van der Waals surface area contributed by atoms with Crippen molar-refractivity contribution in [1.29, 1.82) is 0 Å². The van der Waals surface area contributed by atoms with E-state index in [4.69, 9.17) is 10.5 Å². The quantitative estimate of drug-likeness (QED) is 0.834. The Bertz CT molecular complexity index is 439. The highest BCUT2D eigenvalue weighted by atomic mass is 32.2. The van der Waals surface area contributed by atoms with Gasteiger partial charge in [-0.2, -0.15) is 0 Å². The molecule has 1 aliphatic rings. The maximum absolute atomic E-state index is 6.12. The largest absolute Gasteiger partial charge is 0.496 e. The molecule has 0 saturated heterocycles. The SMILES string of the molecule is CCc1cc(OC)c(C2(CN)CCCC2)cc1SC. The lowest BCUT2D eigenvalue weighted by atomic mass is 9.78. The summed E-state index contributed by atoms with van der Waals surface area (Å²) in [5.41, 5.74) is 8.97. The zero-order valence-corrected chi connectivity index (χ0v) is 13.1. The summed E-state index contributed by atoms with van der Waals surface area (Å²) in [6, 6.07) is 4.55. The Morgan fingerprint density at radius 3 is 2.47 bits per heavy atom. The molecule has 1 aromatic rings. The number of ether oxygens (including phenoxy) is 1. The average Bonchev–Trinajstić information content (AvgIpc) is 2.95. The summed E-state index contributed by atoms with van der Waals surface area (Å²) in [5.74, 6) is 1.03. The van der Waals surface area contributed by atoms with Gasteiger partial charge in [-0.05, 0) is 43.2 Å². The lowest BCUT2D eigenvalue weighted by Gasteiger charge is -2.30. The Morgan fingerprint density at radius 2 is 2.00 bits per heavy atom. The Labute approximate surface area is 121 Å². The van der Waals surface area contributed by atoms with Crippen molar-refractivity contribution in [3.05, 3.63) is 23.3 Å². The number of aryl methyl sites for hydroxylation is 1. The molecule has 0 amide bonds. The fourth-order valence-corrected chi connectivity index (χ4v) is 3.99. The minimum Gasteiger partial charge on any atom is -0.496 e. The van der Waals surface area contributed by atoms with Crippen LogP contribution in [0.1, 0.15) is 43.7 Å². The molecule has 19 heavy (non-hydrogen) atoms. The van der Waals surface area contributed by atoms with Gasteiger partial charge in [0.15, 0.2) is 0 Å². The Morgan fingerprint density at radius 1 is 1.32 bits per heavy atom. The summed E-state index contributed by atoms with van der Waals surface area (Å²) in [6.07, 6.45) is 8.14. The van der Waals surface area contributed by atoms with E-state index in [2.05, 4.69) is 25.3 Å². The maximum Gasteiger partial charge on any atom is 0.123 e. The van der Waals surface area contributed by atoms with E-state index in [1.54, 1.807) is 7.11 Å². The first-order valence-corrected chi connectivity index (χ1v) is 8.38. The second kappa shape index (κ2) is 6.19. The van der Waals surface area contributed by atoms with Crippen molar-refractivity contribution in [2.24, 2.45) is 5.73 Å². The average molecular weight is 279 g/mol. The van der Waals surface area contributed by atoms with Gasteiger partial charge < -0.3 is 10.5 Å². The van der Waals surface area contributed by atoms with Crippen LogP contribution in [0.2, 0.25) is 0 Å². The number of thioether (sulfide) groups is 1. The van der Waals surface area contributed by atoms with E-state index in [9.17, 15) is 0 Å². The molecule has 1 aliphatic carbocycles. The number of methoxy groups -OCH3 is 1. The van der Waals surface area contributed by atoms with Gasteiger partial charge in [0.2, 0.25) is 0 Å². The number of nitrogens with two attached hydrogens (primary N) is 1. The summed E-state index contributed by atoms with van der Waals surface area (Å²) < 4.78 is 5.66. The van der Waals surface area contributed by atoms with E-state index in [0.717, 1.165) is 18.7 Å². The van der Waals surface area contributed by atoms with Gasteiger partial charge in [-0.3, -0.25) is 0 Å². The third-order valence-electron chi connectivity index (χ3n) is 4.51. The number of hydrogen-bond donors (Lipinski definition) is 1. The summed E-state index contributed by atoms with van der Waals surface area (Å²) in [4.78, 5) is 1.37. The Hall–Kier alpha value is -0.670. The van der Waals surface area contributed by atoms with Gasteiger partial charge in [0, 0.05) is 22.4 Å². The van der Waals surface area contributed by atoms with Gasteiger partial charge in [-0.15, -0.1) is 11.8 Å². The first-order chi connectivity index (χ1) is 9.20. The molecule has 2 rings (SSSR count). The van der Waals surface area contributed by atoms with Crippen molar-refractivity contribution in [3.8, 4) is 5.75 Å². The number of benzene rings is 1. The molecule has 2 nitrogen and oxygen atoms in total. The van der Waals surface area contributed by atoms with Gasteiger partial charge in [0.05, 0.1) is 7.11 Å². The second-order valence-electron chi connectivity index (χ2n) is 5.41. The zero-order valence-electron chi connectivity index (χ0n) is 12.3. The molecule has 0 radical (unpaired) electrons. The molecule has 0 spiro atoms. The maximum atomic E-state index is 6.12. The lowest BCUT2D eigenvalue weighted by Crippen LogP contribution is -2.32. The van der Waals surface area contributed by atoms with Crippen LogP contribution in [0.5, 0.6) is 5.75 Å². The van der Waals surface area contributed by atoms with Crippen LogP contribution < -0.4 is 10.5 Å². The van der Waals surface area contributed by atoms with Gasteiger partial charge in [-0.25, -0.2) is 0 Å². The number of rotatable bonds is 5. The summed E-state index contributed by atoms with van der Waals surface area (Å²) in [5, 5.41) is 0. The van der Waals surface area contributed by atoms with Crippen molar-refractivity contribution >= 4 is 11.8 Å². The van der Waals surface area contributed by atoms with Crippen molar-refractivity contribution in [3.63, 3.8) is 0 Å². The van der Waals surface area contributed by atoms with Crippen molar-refractivity contribution in [1.82, 2.24) is 0 Å². The van der Waals surface area contributed by atoms with E-state index in [1.165, 1.54) is 41.7 Å². The van der Waals surface area contributed by atoms with Crippen LogP contribution in [0, 0.1) is 0 Å². The molecule has 0 aromatic heterocycles. The lowest BCUT2D eigenvalue weighted by molar-refractivity contribution is 0.376. The summed E-state index contributed by atoms with van der Waals surface area (Å²) >= 11 is 1.82. The standard InChI is InChI=1S/C16H25NOS/c1-4-12-9-14(18-2)13(10-15(12)19-3)16(11-17)7-5-6-8-16/h9-10H,4-8,11,17H2,1-3H3. The van der Waals surface area contributed by atoms with E-state index in [0.29, 0.717) is 0 Å². The predicted octanol–water partition coefficient (Wildman–Crippen LogP) is 3.75. The third kappa shape index (κ3) is 2.63. The van der Waals surface area contributed by atoms with E-state index < -0.39 is 0 Å². The Balaban J connectivity index is 2.54. The van der Waals surface area contributed by atoms with E-state index >= 15 is 0 Å². The van der Waals surface area contributed by atoms with Crippen LogP contribution in [0.4, 0.5) is 0 Å². The molecule has 1 saturated carbocycles. The molecule has 106 valence electrons. The molecular weight excluding hydrogens is 254 g/mol. The summed E-state index contributed by atoms with van der Waals surface area (Å²) in [7, 11) is 1.77. The topological polar surface area (TPSA) is 35.2 Å². The zero-order chi connectivity index (χ0) is 13.9. The van der Waals surface area contributed by atoms with E-state index in [1.807, 2.05) is 11.8 Å². The highest BCUT2D eigenvalue weighted by Gasteiger charge is 2.37. The molecule has 2 N–H and O–H groups in total. The van der Waals surface area contributed by atoms with Crippen LogP contribution in [-0.4, -0.2) is 19.9 Å². The van der Waals surface area contributed by atoms with Crippen LogP contribution in [-0.2, 0) is 11.8 Å². The van der Waals surface area contributed by atoms with Crippen molar-refractivity contribution in [2.45, 2.75) is 49.3 Å². The minimum atomic E-state index is 0.141. The highest BCUT2D eigenvalue weighted by molar-refractivity contribution is 7.98. The van der Waals surface area contributed by atoms with Crippen LogP contribution in [0.25, 0.3) is 0 Å². The molecule has 1 fully saturated rings. The van der Waals surface area contributed by atoms with Crippen molar-refractivity contribution in [2.75, 3.05) is 19.9 Å². The van der Waals surface area contributed by atoms with Gasteiger partial charge in [0.1, 0.15) is 5.75 Å². The van der Waals surface area contributed by atoms with Crippen LogP contribution >= 0.6 is 11.8 Å². The molecule has 0 heterocycles. The molecule has 0 aliphatic heterocycles. The molecular formula is C16H25NOS. The van der Waals surface area contributed by atoms with Crippen molar-refractivity contribution < 1.29 is 4.74 Å². The predicted molar refractivity (Wildman–Crippen MR) is 83.4 cm³/mol.